The van der Waals surface area contributed by atoms with Crippen molar-refractivity contribution in [1.82, 2.24) is 0 Å². The number of hydrogen-bond acceptors (Lipinski definition) is 33. The quantitative estimate of drug-likeness (QED) is 0.0283. The fraction of sp³-hybridized carbons (Fsp3) is 0.547. The minimum Gasteiger partial charge on any atom is -0.508 e. The Bertz CT molecular complexity index is 3100. The van der Waals surface area contributed by atoms with E-state index in [0.29, 0.717) is 0 Å². The second kappa shape index (κ2) is 26.1. The smallest absolute Gasteiger partial charge is 0.330 e. The van der Waals surface area contributed by atoms with Crippen molar-refractivity contribution < 1.29 is 158 Å². The number of esters is 1. The molecule has 9 rings (SSSR count). The molecular formula is C53H64O33. The number of carbonyl (C=O) groups is 1. The standard InChI is InChI=1S/C53H64O33/c1-15-31(62)37(68)42(73)50(77-15)81-28-14-76-49(41(72)35(28)66)83-45-23(59)8-18(9-24(45)60)44-46(36(67)30-22(58)10-19(55)11-25(30)79-44)84-52-47(39(70)32(63)16(2)78-52)86-53-48(85-51-43(74)38(69)33(64)26(12-54)80-51)40(71)34(65)27(82-53)13-75-29(61)6-4-17-3-5-20(56)21(57)7-17/h3-11,15-16,26-28,31-35,37-43,47-60,62-66,68-74H,12-14H2,1-2H3/b6-4+. The summed E-state index contributed by atoms with van der Waals surface area (Å²) in [6, 6.07) is 6.81. The molecule has 0 bridgehead atoms. The predicted molar refractivity (Wildman–Crippen MR) is 275 cm³/mol. The largest absolute Gasteiger partial charge is 0.508 e. The Labute approximate surface area is 483 Å². The van der Waals surface area contributed by atoms with Gasteiger partial charge in [0.1, 0.15) is 127 Å². The summed E-state index contributed by atoms with van der Waals surface area (Å²) in [5, 5.41) is 204. The highest BCUT2D eigenvalue weighted by Gasteiger charge is 2.55. The molecule has 5 fully saturated rings. The number of benzene rings is 3. The van der Waals surface area contributed by atoms with Crippen LogP contribution in [0.1, 0.15) is 19.4 Å². The summed E-state index contributed by atoms with van der Waals surface area (Å²) in [4.78, 5) is 27.6. The summed E-state index contributed by atoms with van der Waals surface area (Å²) < 4.78 is 68.8. The van der Waals surface area contributed by atoms with Crippen molar-refractivity contribution in [2.45, 2.75) is 161 Å². The third kappa shape index (κ3) is 13.0. The summed E-state index contributed by atoms with van der Waals surface area (Å²) in [7, 11) is 0. The molecule has 0 saturated carbocycles. The molecule has 0 aliphatic carbocycles. The summed E-state index contributed by atoms with van der Waals surface area (Å²) in [5.41, 5.74) is -2.10. The van der Waals surface area contributed by atoms with E-state index in [1.54, 1.807) is 0 Å². The van der Waals surface area contributed by atoms with Crippen molar-refractivity contribution in [1.29, 1.82) is 0 Å². The Morgan fingerprint density at radius 1 is 0.547 bits per heavy atom. The van der Waals surface area contributed by atoms with Crippen molar-refractivity contribution in [3.63, 3.8) is 0 Å². The second-order valence-corrected chi connectivity index (χ2v) is 20.9. The van der Waals surface area contributed by atoms with Crippen LogP contribution in [-0.4, -0.2) is 270 Å². The van der Waals surface area contributed by atoms with Crippen LogP contribution in [0.3, 0.4) is 0 Å². The normalized spacial score (nSPS) is 37.8. The van der Waals surface area contributed by atoms with Crippen molar-refractivity contribution in [3.05, 3.63) is 64.3 Å². The van der Waals surface area contributed by atoms with Gasteiger partial charge in [-0.3, -0.25) is 4.79 Å². The highest BCUT2D eigenvalue weighted by molar-refractivity contribution is 5.89. The molecule has 3 aromatic carbocycles. The van der Waals surface area contributed by atoms with Gasteiger partial charge in [0.25, 0.3) is 0 Å². The molecule has 0 amide bonds. The van der Waals surface area contributed by atoms with Gasteiger partial charge in [-0.2, -0.15) is 0 Å². The minimum atomic E-state index is -2.26. The average molecular weight is 1230 g/mol. The lowest BCUT2D eigenvalue weighted by Crippen LogP contribution is -2.67. The van der Waals surface area contributed by atoms with Gasteiger partial charge in [0.05, 0.1) is 25.4 Å². The van der Waals surface area contributed by atoms with Crippen molar-refractivity contribution in [2.24, 2.45) is 0 Å². The Hall–Kier alpha value is -6.36. The molecule has 474 valence electrons. The Morgan fingerprint density at radius 2 is 1.10 bits per heavy atom. The zero-order chi connectivity index (χ0) is 62.5. The number of hydrogen-bond donors (Lipinski definition) is 19. The molecule has 24 atom stereocenters. The van der Waals surface area contributed by atoms with Gasteiger partial charge in [0.15, 0.2) is 53.7 Å². The van der Waals surface area contributed by atoms with Gasteiger partial charge in [-0.1, -0.05) is 6.07 Å². The van der Waals surface area contributed by atoms with Gasteiger partial charge in [0, 0.05) is 23.8 Å². The van der Waals surface area contributed by atoms with Crippen LogP contribution in [0.2, 0.25) is 0 Å². The van der Waals surface area contributed by atoms with Crippen LogP contribution >= 0.6 is 0 Å². The summed E-state index contributed by atoms with van der Waals surface area (Å²) in [6.07, 6.45) is -43.2. The van der Waals surface area contributed by atoms with Gasteiger partial charge >= 0.3 is 5.97 Å². The molecule has 86 heavy (non-hydrogen) atoms. The number of phenolic OH excluding ortho intramolecular Hbond substituents is 6. The molecule has 33 heteroatoms. The van der Waals surface area contributed by atoms with E-state index < -0.39 is 247 Å². The molecule has 5 saturated heterocycles. The van der Waals surface area contributed by atoms with Crippen LogP contribution in [0.15, 0.2) is 57.8 Å². The van der Waals surface area contributed by atoms with Crippen LogP contribution in [0, 0.1) is 0 Å². The zero-order valence-electron chi connectivity index (χ0n) is 44.9. The molecule has 4 aromatic rings. The average Bonchev–Trinajstić information content (AvgIpc) is 1.01. The Balaban J connectivity index is 1.02. The maximum Gasteiger partial charge on any atom is 0.330 e. The summed E-state index contributed by atoms with van der Waals surface area (Å²) in [5.74, 6) is -8.17. The third-order valence-corrected chi connectivity index (χ3v) is 14.9. The van der Waals surface area contributed by atoms with Gasteiger partial charge in [-0.25, -0.2) is 4.79 Å². The second-order valence-electron chi connectivity index (χ2n) is 20.9. The zero-order valence-corrected chi connectivity index (χ0v) is 44.9. The monoisotopic (exact) mass is 1230 g/mol. The molecule has 0 spiro atoms. The molecule has 33 nitrogen and oxygen atoms in total. The molecule has 24 unspecified atom stereocenters. The first-order chi connectivity index (χ1) is 40.7. The number of aromatic hydroxyl groups is 6. The van der Waals surface area contributed by atoms with Crippen LogP contribution < -0.4 is 14.9 Å². The predicted octanol–water partition coefficient (Wildman–Crippen LogP) is -5.52. The highest BCUT2D eigenvalue weighted by Crippen LogP contribution is 2.46. The van der Waals surface area contributed by atoms with Gasteiger partial charge < -0.3 is 154 Å². The van der Waals surface area contributed by atoms with Crippen LogP contribution in [0.4, 0.5) is 0 Å². The van der Waals surface area contributed by atoms with Crippen molar-refractivity contribution >= 4 is 23.0 Å². The molecule has 19 N–H and O–H groups in total. The summed E-state index contributed by atoms with van der Waals surface area (Å²) >= 11 is 0. The Kier molecular flexibility index (Phi) is 19.5. The van der Waals surface area contributed by atoms with Crippen molar-refractivity contribution in [2.75, 3.05) is 19.8 Å². The SMILES string of the molecule is CC1OC(OC2COC(Oc3c(O)cc(-c4oc5cc(O)cc(O)c5c(=O)c4OC4OC(C)C(O)C(O)C4OC4OC(COC(=O)/C=C/c5ccc(O)c(O)c5)C(O)C(O)C4OC4OC(CO)C(O)C(O)C4O)cc3O)C(O)C2O)C(O)C(O)C1O. The first kappa shape index (κ1) is 64.1. The van der Waals surface area contributed by atoms with E-state index in [4.69, 9.17) is 56.5 Å². The fourth-order valence-electron chi connectivity index (χ4n) is 9.99. The number of fused-ring (bicyclic) bond motifs is 1. The number of phenols is 6. The van der Waals surface area contributed by atoms with E-state index in [1.807, 2.05) is 0 Å². The lowest BCUT2D eigenvalue weighted by atomic mass is 9.96. The van der Waals surface area contributed by atoms with E-state index in [-0.39, 0.29) is 5.56 Å². The van der Waals surface area contributed by atoms with Gasteiger partial charge in [0.2, 0.25) is 29.5 Å². The first-order valence-corrected chi connectivity index (χ1v) is 26.4. The van der Waals surface area contributed by atoms with Gasteiger partial charge in [-0.05, 0) is 49.8 Å². The molecular weight excluding hydrogens is 1160 g/mol. The Morgan fingerprint density at radius 3 is 1.77 bits per heavy atom. The molecule has 1 aromatic heterocycles. The summed E-state index contributed by atoms with van der Waals surface area (Å²) in [6.45, 7) is 0.137. The van der Waals surface area contributed by atoms with Crippen molar-refractivity contribution in [3.8, 4) is 57.3 Å². The fourth-order valence-corrected chi connectivity index (χ4v) is 9.99. The van der Waals surface area contributed by atoms with Gasteiger partial charge in [-0.15, -0.1) is 0 Å². The van der Waals surface area contributed by atoms with E-state index in [2.05, 4.69) is 0 Å². The lowest BCUT2D eigenvalue weighted by Gasteiger charge is -2.48. The van der Waals surface area contributed by atoms with Crippen LogP contribution in [0.25, 0.3) is 28.4 Å². The van der Waals surface area contributed by atoms with E-state index in [9.17, 15) is 107 Å². The number of rotatable bonds is 16. The molecule has 6 heterocycles. The minimum absolute atomic E-state index is 0.224. The lowest BCUT2D eigenvalue weighted by molar-refractivity contribution is -0.388. The molecule has 5 aliphatic rings. The molecule has 0 radical (unpaired) electrons. The van der Waals surface area contributed by atoms with Crippen LogP contribution in [-0.2, 0) is 47.4 Å². The molecule has 5 aliphatic heterocycles. The third-order valence-electron chi connectivity index (χ3n) is 14.9. The number of carbonyl (C=O) groups excluding carboxylic acids is 1. The topological polar surface area (TPSA) is 533 Å². The van der Waals surface area contributed by atoms with E-state index >= 15 is 0 Å². The number of aliphatic hydroxyl groups is 13. The number of ether oxygens (including phenoxy) is 11. The van der Waals surface area contributed by atoms with Crippen LogP contribution in [0.5, 0.6) is 46.0 Å². The van der Waals surface area contributed by atoms with E-state index in [0.717, 1.165) is 42.5 Å². The number of aliphatic hydroxyl groups excluding tert-OH is 13. The first-order valence-electron chi connectivity index (χ1n) is 26.4. The maximum absolute atomic E-state index is 14.7. The maximum atomic E-state index is 14.7. The van der Waals surface area contributed by atoms with E-state index in [1.165, 1.54) is 26.0 Å². The highest BCUT2D eigenvalue weighted by atomic mass is 16.8.